The molecule has 0 radical (unpaired) electrons. The molecule has 2 N–H and O–H groups in total. The van der Waals surface area contributed by atoms with Crippen molar-refractivity contribution >= 4 is 18.1 Å². The van der Waals surface area contributed by atoms with Crippen LogP contribution >= 0.6 is 0 Å². The minimum Gasteiger partial charge on any atom is -0.445 e. The lowest BCUT2D eigenvalue weighted by atomic mass is 9.93. The van der Waals surface area contributed by atoms with E-state index in [-0.39, 0.29) is 19.6 Å². The summed E-state index contributed by atoms with van der Waals surface area (Å²) in [5.41, 5.74) is 1.35. The first-order valence-electron chi connectivity index (χ1n) is 9.06. The lowest BCUT2D eigenvalue weighted by Crippen LogP contribution is -2.56. The Labute approximate surface area is 164 Å². The van der Waals surface area contributed by atoms with Crippen LogP contribution < -0.4 is 10.7 Å². The molecule has 0 spiro atoms. The Morgan fingerprint density at radius 1 is 1.25 bits per heavy atom. The fourth-order valence-electron chi connectivity index (χ4n) is 2.84. The molecule has 1 aromatic carbocycles. The molecule has 1 aliphatic rings. The number of rotatable bonds is 6. The third-order valence-electron chi connectivity index (χ3n) is 4.09. The molecular weight excluding hydrogens is 362 g/mol. The summed E-state index contributed by atoms with van der Waals surface area (Å²) in [5.74, 6) is -0.449. The molecule has 3 amide bonds. The largest absolute Gasteiger partial charge is 0.445 e. The number of alkyl carbamates (subject to hydrolysis) is 1. The third-order valence-corrected chi connectivity index (χ3v) is 4.09. The Kier molecular flexibility index (Phi) is 6.66. The van der Waals surface area contributed by atoms with E-state index in [0.29, 0.717) is 6.42 Å². The minimum atomic E-state index is -1.22. The fraction of sp³-hybridized carbons (Fsp3) is 0.450. The Morgan fingerprint density at radius 2 is 1.93 bits per heavy atom. The number of carbonyl (C=O) groups excluding carboxylic acids is 3. The highest BCUT2D eigenvalue weighted by molar-refractivity contribution is 5.93. The van der Waals surface area contributed by atoms with Crippen molar-refractivity contribution in [3.05, 3.63) is 48.6 Å². The zero-order valence-electron chi connectivity index (χ0n) is 16.5. The number of amides is 3. The number of hydrogen-bond donors (Lipinski definition) is 2. The van der Waals surface area contributed by atoms with Gasteiger partial charge in [0.25, 0.3) is 5.91 Å². The molecule has 0 unspecified atom stereocenters. The van der Waals surface area contributed by atoms with Crippen LogP contribution in [-0.4, -0.2) is 40.8 Å². The number of benzene rings is 1. The van der Waals surface area contributed by atoms with Gasteiger partial charge in [-0.1, -0.05) is 36.4 Å². The van der Waals surface area contributed by atoms with Gasteiger partial charge in [0.1, 0.15) is 17.7 Å². The molecular formula is C20H27N3O5. The van der Waals surface area contributed by atoms with E-state index < -0.39 is 29.2 Å². The maximum absolute atomic E-state index is 12.9. The van der Waals surface area contributed by atoms with Crippen LogP contribution in [0, 0.1) is 0 Å². The van der Waals surface area contributed by atoms with Gasteiger partial charge in [-0.3, -0.25) is 4.79 Å². The molecule has 0 aromatic heterocycles. The first-order valence-corrected chi connectivity index (χ1v) is 9.06. The monoisotopic (exact) mass is 389 g/mol. The van der Waals surface area contributed by atoms with Gasteiger partial charge in [0.2, 0.25) is 0 Å². The SMILES string of the molecule is C=CC[C@]1(NC(=O)OCc2ccccc2)CCN(NC(=O)OC(C)(C)C)C1=O. The molecule has 28 heavy (non-hydrogen) atoms. The molecule has 1 aromatic rings. The minimum absolute atomic E-state index is 0.0882. The zero-order valence-corrected chi connectivity index (χ0v) is 16.5. The maximum Gasteiger partial charge on any atom is 0.426 e. The van der Waals surface area contributed by atoms with E-state index in [9.17, 15) is 14.4 Å². The third kappa shape index (κ3) is 5.73. The van der Waals surface area contributed by atoms with Gasteiger partial charge >= 0.3 is 12.2 Å². The van der Waals surface area contributed by atoms with Gasteiger partial charge < -0.3 is 14.8 Å². The molecule has 1 aliphatic heterocycles. The summed E-state index contributed by atoms with van der Waals surface area (Å²) >= 11 is 0. The number of hydrogen-bond acceptors (Lipinski definition) is 5. The van der Waals surface area contributed by atoms with Crippen molar-refractivity contribution in [2.24, 2.45) is 0 Å². The van der Waals surface area contributed by atoms with Gasteiger partial charge in [-0.25, -0.2) is 20.0 Å². The predicted octanol–water partition coefficient (Wildman–Crippen LogP) is 2.90. The van der Waals surface area contributed by atoms with Gasteiger partial charge in [0.15, 0.2) is 0 Å². The number of hydrazine groups is 1. The molecule has 8 nitrogen and oxygen atoms in total. The van der Waals surface area contributed by atoms with Gasteiger partial charge in [0.05, 0.1) is 0 Å². The lowest BCUT2D eigenvalue weighted by Gasteiger charge is -2.28. The highest BCUT2D eigenvalue weighted by Crippen LogP contribution is 2.26. The van der Waals surface area contributed by atoms with Crippen LogP contribution in [0.4, 0.5) is 9.59 Å². The van der Waals surface area contributed by atoms with E-state index in [2.05, 4.69) is 17.3 Å². The van der Waals surface area contributed by atoms with Gasteiger partial charge in [-0.15, -0.1) is 6.58 Å². The summed E-state index contributed by atoms with van der Waals surface area (Å²) in [6.07, 6.45) is 0.610. The van der Waals surface area contributed by atoms with E-state index in [0.717, 1.165) is 10.6 Å². The number of ether oxygens (including phenoxy) is 2. The van der Waals surface area contributed by atoms with Crippen LogP contribution in [0.3, 0.4) is 0 Å². The van der Waals surface area contributed by atoms with Crippen LogP contribution in [0.2, 0.25) is 0 Å². The normalized spacial score (nSPS) is 19.1. The summed E-state index contributed by atoms with van der Waals surface area (Å²) < 4.78 is 10.4. The lowest BCUT2D eigenvalue weighted by molar-refractivity contribution is -0.135. The van der Waals surface area contributed by atoms with Gasteiger partial charge in [-0.2, -0.15) is 0 Å². The topological polar surface area (TPSA) is 97.0 Å². The molecule has 0 saturated carbocycles. The highest BCUT2D eigenvalue weighted by Gasteiger charge is 2.48. The number of nitrogens with zero attached hydrogens (tertiary/aromatic N) is 1. The molecule has 2 rings (SSSR count). The standard InChI is InChI=1S/C20H27N3O5/c1-5-11-20(21-17(25)27-14-15-9-7-6-8-10-15)12-13-23(16(20)24)22-18(26)28-19(2,3)4/h5-10H,1,11-14H2,2-4H3,(H,21,25)(H,22,26)/t20-/m0/s1. The predicted molar refractivity (Wildman–Crippen MR) is 103 cm³/mol. The second-order valence-electron chi connectivity index (χ2n) is 7.58. The van der Waals surface area contributed by atoms with Crippen molar-refractivity contribution < 1.29 is 23.9 Å². The first kappa shape index (κ1) is 21.3. The van der Waals surface area contributed by atoms with E-state index >= 15 is 0 Å². The Bertz CT molecular complexity index is 729. The number of nitrogens with one attached hydrogen (secondary N) is 2. The van der Waals surface area contributed by atoms with Crippen molar-refractivity contribution in [2.75, 3.05) is 6.54 Å². The summed E-state index contributed by atoms with van der Waals surface area (Å²) in [6, 6.07) is 9.22. The number of carbonyl (C=O) groups is 3. The van der Waals surface area contributed by atoms with Gasteiger partial charge in [0, 0.05) is 6.54 Å². The summed E-state index contributed by atoms with van der Waals surface area (Å²) in [6.45, 7) is 9.16. The van der Waals surface area contributed by atoms with E-state index in [1.807, 2.05) is 30.3 Å². The molecule has 1 fully saturated rings. The Morgan fingerprint density at radius 3 is 2.54 bits per heavy atom. The second kappa shape index (κ2) is 8.77. The van der Waals surface area contributed by atoms with Crippen LogP contribution in [0.15, 0.2) is 43.0 Å². The molecule has 8 heteroatoms. The van der Waals surface area contributed by atoms with E-state index in [4.69, 9.17) is 9.47 Å². The van der Waals surface area contributed by atoms with Crippen LogP contribution in [-0.2, 0) is 20.9 Å². The molecule has 1 atom stereocenters. The molecule has 1 saturated heterocycles. The summed E-state index contributed by atoms with van der Waals surface area (Å²) in [7, 11) is 0. The molecule has 152 valence electrons. The van der Waals surface area contributed by atoms with Crippen molar-refractivity contribution in [3.63, 3.8) is 0 Å². The average Bonchev–Trinajstić information content (AvgIpc) is 2.89. The smallest absolute Gasteiger partial charge is 0.426 e. The van der Waals surface area contributed by atoms with Crippen LogP contribution in [0.1, 0.15) is 39.2 Å². The van der Waals surface area contributed by atoms with Crippen LogP contribution in [0.25, 0.3) is 0 Å². The summed E-state index contributed by atoms with van der Waals surface area (Å²) in [5, 5.41) is 3.80. The average molecular weight is 389 g/mol. The second-order valence-corrected chi connectivity index (χ2v) is 7.58. The quantitative estimate of drug-likeness (QED) is 0.729. The maximum atomic E-state index is 12.9. The van der Waals surface area contributed by atoms with E-state index in [1.165, 1.54) is 0 Å². The zero-order chi connectivity index (χ0) is 20.8. The van der Waals surface area contributed by atoms with Crippen molar-refractivity contribution in [1.82, 2.24) is 15.8 Å². The summed E-state index contributed by atoms with van der Waals surface area (Å²) in [4.78, 5) is 37.1. The van der Waals surface area contributed by atoms with Crippen molar-refractivity contribution in [1.29, 1.82) is 0 Å². The van der Waals surface area contributed by atoms with Crippen molar-refractivity contribution in [3.8, 4) is 0 Å². The molecule has 0 aliphatic carbocycles. The van der Waals surface area contributed by atoms with Crippen LogP contribution in [0.5, 0.6) is 0 Å². The fourth-order valence-corrected chi connectivity index (χ4v) is 2.84. The van der Waals surface area contributed by atoms with Gasteiger partial charge in [-0.05, 0) is 39.2 Å². The first-order chi connectivity index (χ1) is 13.1. The van der Waals surface area contributed by atoms with E-state index in [1.54, 1.807) is 26.8 Å². The molecule has 1 heterocycles. The Balaban J connectivity index is 1.98. The Hall–Kier alpha value is -3.03. The highest BCUT2D eigenvalue weighted by atomic mass is 16.6. The molecule has 0 bridgehead atoms. The van der Waals surface area contributed by atoms with Crippen molar-refractivity contribution in [2.45, 2.75) is 51.4 Å².